The molecule has 2 aromatic rings. The van der Waals surface area contributed by atoms with Crippen LogP contribution in [0.2, 0.25) is 0 Å². The highest BCUT2D eigenvalue weighted by molar-refractivity contribution is 7.89. The SMILES string of the molecule is CCOC(=O)C1=CC[C@H](c2cccs2)N(S(=O)(=O)c2ccc([N+](=O)[O-])cc2)C1. The van der Waals surface area contributed by atoms with E-state index >= 15 is 0 Å². The molecule has 0 saturated heterocycles. The number of nitro benzene ring substituents is 1. The van der Waals surface area contributed by atoms with E-state index in [4.69, 9.17) is 4.74 Å². The van der Waals surface area contributed by atoms with Gasteiger partial charge in [0.25, 0.3) is 5.69 Å². The highest BCUT2D eigenvalue weighted by Gasteiger charge is 2.37. The van der Waals surface area contributed by atoms with Crippen molar-refractivity contribution in [1.82, 2.24) is 4.31 Å². The Bertz CT molecular complexity index is 997. The molecule has 8 nitrogen and oxygen atoms in total. The second kappa shape index (κ2) is 8.21. The highest BCUT2D eigenvalue weighted by Crippen LogP contribution is 2.37. The van der Waals surface area contributed by atoms with E-state index in [-0.39, 0.29) is 29.3 Å². The molecule has 0 N–H and O–H groups in total. The van der Waals surface area contributed by atoms with Gasteiger partial charge < -0.3 is 4.74 Å². The second-order valence-corrected chi connectivity index (χ2v) is 8.89. The number of carbonyl (C=O) groups excluding carboxylic acids is 1. The fourth-order valence-corrected chi connectivity index (χ4v) is 5.47. The molecule has 148 valence electrons. The van der Waals surface area contributed by atoms with Crippen molar-refractivity contribution >= 4 is 33.0 Å². The predicted molar refractivity (Wildman–Crippen MR) is 103 cm³/mol. The molecule has 0 unspecified atom stereocenters. The highest BCUT2D eigenvalue weighted by atomic mass is 32.2. The van der Waals surface area contributed by atoms with Gasteiger partial charge in [-0.25, -0.2) is 13.2 Å². The van der Waals surface area contributed by atoms with E-state index in [0.29, 0.717) is 6.42 Å². The van der Waals surface area contributed by atoms with Gasteiger partial charge in [0.05, 0.1) is 22.5 Å². The lowest BCUT2D eigenvalue weighted by molar-refractivity contribution is -0.384. The van der Waals surface area contributed by atoms with Gasteiger partial charge in [0.15, 0.2) is 0 Å². The van der Waals surface area contributed by atoms with Crippen molar-refractivity contribution in [2.75, 3.05) is 13.2 Å². The molecule has 0 amide bonds. The average molecular weight is 422 g/mol. The van der Waals surface area contributed by atoms with Crippen LogP contribution in [0.15, 0.2) is 58.3 Å². The maximum Gasteiger partial charge on any atom is 0.335 e. The molecule has 28 heavy (non-hydrogen) atoms. The Morgan fingerprint density at radius 3 is 2.61 bits per heavy atom. The fraction of sp³-hybridized carbons (Fsp3) is 0.278. The van der Waals surface area contributed by atoms with Crippen LogP contribution < -0.4 is 0 Å². The summed E-state index contributed by atoms with van der Waals surface area (Å²) in [6.07, 6.45) is 2.05. The molecule has 1 aliphatic heterocycles. The van der Waals surface area contributed by atoms with Gasteiger partial charge in [-0.1, -0.05) is 12.1 Å². The molecule has 1 aliphatic rings. The smallest absolute Gasteiger partial charge is 0.335 e. The van der Waals surface area contributed by atoms with Gasteiger partial charge in [-0.3, -0.25) is 10.1 Å². The molecule has 1 atom stereocenters. The predicted octanol–water partition coefficient (Wildman–Crippen LogP) is 3.28. The third-order valence-electron chi connectivity index (χ3n) is 4.32. The molecule has 0 spiro atoms. The Morgan fingerprint density at radius 2 is 2.04 bits per heavy atom. The van der Waals surface area contributed by atoms with E-state index in [1.165, 1.54) is 27.8 Å². The molecule has 1 aromatic heterocycles. The molecule has 0 aliphatic carbocycles. The number of benzene rings is 1. The number of hydrogen-bond donors (Lipinski definition) is 0. The summed E-state index contributed by atoms with van der Waals surface area (Å²) in [4.78, 5) is 23.2. The number of non-ortho nitro benzene ring substituents is 1. The molecule has 0 fully saturated rings. The van der Waals surface area contributed by atoms with E-state index in [1.54, 1.807) is 13.0 Å². The van der Waals surface area contributed by atoms with E-state index in [0.717, 1.165) is 17.0 Å². The van der Waals surface area contributed by atoms with Crippen molar-refractivity contribution in [3.63, 3.8) is 0 Å². The van der Waals surface area contributed by atoms with Crippen molar-refractivity contribution in [2.24, 2.45) is 0 Å². The summed E-state index contributed by atoms with van der Waals surface area (Å²) >= 11 is 1.43. The van der Waals surface area contributed by atoms with Gasteiger partial charge in [0.1, 0.15) is 0 Å². The third-order valence-corrected chi connectivity index (χ3v) is 7.17. The van der Waals surface area contributed by atoms with Crippen LogP contribution in [0.1, 0.15) is 24.3 Å². The zero-order valence-corrected chi connectivity index (χ0v) is 16.6. The normalized spacial score (nSPS) is 17.8. The van der Waals surface area contributed by atoms with Crippen LogP contribution in [0.4, 0.5) is 5.69 Å². The van der Waals surface area contributed by atoms with Crippen LogP contribution in [-0.4, -0.2) is 36.8 Å². The molecule has 2 heterocycles. The van der Waals surface area contributed by atoms with Crippen molar-refractivity contribution in [1.29, 1.82) is 0 Å². The summed E-state index contributed by atoms with van der Waals surface area (Å²) in [5.74, 6) is -0.545. The summed E-state index contributed by atoms with van der Waals surface area (Å²) in [5, 5.41) is 12.7. The number of ether oxygens (including phenoxy) is 1. The van der Waals surface area contributed by atoms with Crippen LogP contribution in [0.25, 0.3) is 0 Å². The maximum absolute atomic E-state index is 13.3. The van der Waals surface area contributed by atoms with E-state index in [9.17, 15) is 23.3 Å². The maximum atomic E-state index is 13.3. The Morgan fingerprint density at radius 1 is 1.32 bits per heavy atom. The van der Waals surface area contributed by atoms with Crippen molar-refractivity contribution in [3.05, 3.63) is 68.4 Å². The van der Waals surface area contributed by atoms with Crippen LogP contribution in [0.5, 0.6) is 0 Å². The van der Waals surface area contributed by atoms with E-state index in [1.807, 2.05) is 17.5 Å². The average Bonchev–Trinajstić information content (AvgIpc) is 3.22. The van der Waals surface area contributed by atoms with Crippen molar-refractivity contribution in [2.45, 2.75) is 24.3 Å². The largest absolute Gasteiger partial charge is 0.463 e. The lowest BCUT2D eigenvalue weighted by Gasteiger charge is -2.33. The minimum absolute atomic E-state index is 0.0650. The van der Waals surface area contributed by atoms with Gasteiger partial charge in [-0.2, -0.15) is 4.31 Å². The minimum Gasteiger partial charge on any atom is -0.463 e. The summed E-state index contributed by atoms with van der Waals surface area (Å²) in [7, 11) is -3.99. The molecule has 10 heteroatoms. The van der Waals surface area contributed by atoms with Gasteiger partial charge in [0.2, 0.25) is 10.0 Å². The van der Waals surface area contributed by atoms with Crippen LogP contribution in [0, 0.1) is 10.1 Å². The number of nitrogens with zero attached hydrogens (tertiary/aromatic N) is 2. The fourth-order valence-electron chi connectivity index (χ4n) is 2.95. The summed E-state index contributed by atoms with van der Waals surface area (Å²) in [5.41, 5.74) is 0.0830. The zero-order valence-electron chi connectivity index (χ0n) is 15.0. The van der Waals surface area contributed by atoms with Gasteiger partial charge in [-0.15, -0.1) is 11.3 Å². The molecule has 1 aromatic carbocycles. The third kappa shape index (κ3) is 3.98. The monoisotopic (exact) mass is 422 g/mol. The number of nitro groups is 1. The zero-order chi connectivity index (χ0) is 20.3. The summed E-state index contributed by atoms with van der Waals surface area (Å²) < 4.78 is 32.8. The summed E-state index contributed by atoms with van der Waals surface area (Å²) in [6.45, 7) is 1.75. The molecule has 0 bridgehead atoms. The quantitative estimate of drug-likeness (QED) is 0.402. The number of thiophene rings is 1. The van der Waals surface area contributed by atoms with Crippen LogP contribution >= 0.6 is 11.3 Å². The number of hydrogen-bond acceptors (Lipinski definition) is 7. The molecule has 0 saturated carbocycles. The van der Waals surface area contributed by atoms with Crippen molar-refractivity contribution in [3.8, 4) is 0 Å². The lowest BCUT2D eigenvalue weighted by atomic mass is 10.0. The van der Waals surface area contributed by atoms with Gasteiger partial charge in [0, 0.05) is 29.1 Å². The van der Waals surface area contributed by atoms with Crippen LogP contribution in [0.3, 0.4) is 0 Å². The number of carbonyl (C=O) groups is 1. The lowest BCUT2D eigenvalue weighted by Crippen LogP contribution is -2.39. The number of rotatable bonds is 6. The Labute approximate surface area is 166 Å². The van der Waals surface area contributed by atoms with Crippen LogP contribution in [-0.2, 0) is 19.6 Å². The summed E-state index contributed by atoms with van der Waals surface area (Å²) in [6, 6.07) is 7.94. The van der Waals surface area contributed by atoms with Crippen molar-refractivity contribution < 1.29 is 22.9 Å². The first-order chi connectivity index (χ1) is 13.3. The molecular weight excluding hydrogens is 404 g/mol. The topological polar surface area (TPSA) is 107 Å². The minimum atomic E-state index is -3.99. The Hall–Kier alpha value is -2.56. The Kier molecular flexibility index (Phi) is 5.92. The second-order valence-electron chi connectivity index (χ2n) is 6.02. The van der Waals surface area contributed by atoms with Gasteiger partial charge in [-0.05, 0) is 36.9 Å². The first-order valence-corrected chi connectivity index (χ1v) is 10.8. The van der Waals surface area contributed by atoms with E-state index in [2.05, 4.69) is 0 Å². The van der Waals surface area contributed by atoms with E-state index < -0.39 is 27.0 Å². The number of sulfonamides is 1. The first-order valence-electron chi connectivity index (χ1n) is 8.50. The standard InChI is InChI=1S/C18H18N2O6S2/c1-2-26-18(21)13-5-10-16(17-4-3-11-27-17)19(12-13)28(24,25)15-8-6-14(7-9-15)20(22)23/h3-9,11,16H,2,10,12H2,1H3/t16-/m1/s1. The van der Waals surface area contributed by atoms with Gasteiger partial charge >= 0.3 is 5.97 Å². The molecular formula is C18H18N2O6S2. The molecule has 0 radical (unpaired) electrons. The molecule has 3 rings (SSSR count). The Balaban J connectivity index is 1.99. The number of esters is 1. The first kappa shape index (κ1) is 20.2.